The van der Waals surface area contributed by atoms with Crippen LogP contribution in [0, 0.1) is 0 Å². The molecule has 0 saturated heterocycles. The fourth-order valence-corrected chi connectivity index (χ4v) is 7.90. The molecule has 0 bridgehead atoms. The van der Waals surface area contributed by atoms with E-state index in [9.17, 15) is 4.79 Å². The first-order chi connectivity index (χ1) is 10.1. The fourth-order valence-electron chi connectivity index (χ4n) is 3.02. The molecule has 1 amide bonds. The Bertz CT molecular complexity index is 248. The summed E-state index contributed by atoms with van der Waals surface area (Å²) in [6, 6.07) is 0. The first-order valence-corrected chi connectivity index (χ1v) is 11.7. The molecule has 0 fully saturated rings. The maximum atomic E-state index is 12.7. The summed E-state index contributed by atoms with van der Waals surface area (Å²) >= 11 is 0. The highest BCUT2D eigenvalue weighted by molar-refractivity contribution is 7.76. The van der Waals surface area contributed by atoms with Crippen LogP contribution in [-0.4, -0.2) is 48.5 Å². The third-order valence-corrected chi connectivity index (χ3v) is 9.28. The van der Waals surface area contributed by atoms with Crippen molar-refractivity contribution < 1.29 is 17.2 Å². The van der Waals surface area contributed by atoms with E-state index in [1.807, 2.05) is 4.90 Å². The number of carbonyl (C=O) groups excluding carboxylic acids is 1. The third kappa shape index (κ3) is 9.36. The largest absolute Gasteiger partial charge is 1.00 e. The molecule has 4 heteroatoms. The molecule has 0 spiro atoms. The highest BCUT2D eigenvalue weighted by Gasteiger charge is 2.38. The Morgan fingerprint density at radius 2 is 1.14 bits per heavy atom. The molecule has 0 aromatic rings. The smallest absolute Gasteiger partial charge is 0.260 e. The SMILES string of the molecule is CCCC[P+](CCCC)(CCCC)CC(=O)N(CC)CC.[Cl-]. The standard InChI is InChI=1S/C18H39NOP.ClH/c1-6-11-14-21(15-12-7-2,16-13-8-3)17-18(20)19(9-4)10-5;/h6-17H2,1-5H3;1H/q+1;/p-1. The van der Waals surface area contributed by atoms with E-state index in [1.165, 1.54) is 57.0 Å². The number of unbranched alkanes of at least 4 members (excludes halogenated alkanes) is 3. The summed E-state index contributed by atoms with van der Waals surface area (Å²) in [5.74, 6) is 0.427. The van der Waals surface area contributed by atoms with Gasteiger partial charge in [0.25, 0.3) is 5.91 Å². The van der Waals surface area contributed by atoms with Crippen LogP contribution in [0.4, 0.5) is 0 Å². The second kappa shape index (κ2) is 14.8. The van der Waals surface area contributed by atoms with Gasteiger partial charge >= 0.3 is 0 Å². The predicted molar refractivity (Wildman–Crippen MR) is 99.0 cm³/mol. The monoisotopic (exact) mass is 351 g/mol. The summed E-state index contributed by atoms with van der Waals surface area (Å²) in [5.41, 5.74) is 0. The zero-order chi connectivity index (χ0) is 16.1. The number of nitrogens with zero attached hydrogens (tertiary/aromatic N) is 1. The van der Waals surface area contributed by atoms with Gasteiger partial charge in [-0.15, -0.1) is 0 Å². The Balaban J connectivity index is 0. The molecule has 0 N–H and O–H groups in total. The van der Waals surface area contributed by atoms with E-state index in [2.05, 4.69) is 34.6 Å². The van der Waals surface area contributed by atoms with E-state index in [4.69, 9.17) is 0 Å². The third-order valence-electron chi connectivity index (χ3n) is 4.54. The van der Waals surface area contributed by atoms with Gasteiger partial charge in [-0.05, 0) is 33.1 Å². The zero-order valence-corrected chi connectivity index (χ0v) is 17.3. The number of hydrogen-bond donors (Lipinski definition) is 0. The van der Waals surface area contributed by atoms with Crippen LogP contribution in [0.1, 0.15) is 73.1 Å². The lowest BCUT2D eigenvalue weighted by atomic mass is 10.4. The second-order valence-corrected chi connectivity index (χ2v) is 10.6. The van der Waals surface area contributed by atoms with Gasteiger partial charge in [0.1, 0.15) is 6.16 Å². The van der Waals surface area contributed by atoms with Crippen LogP contribution in [0.3, 0.4) is 0 Å². The minimum atomic E-state index is -1.07. The molecular weight excluding hydrogens is 313 g/mol. The number of hydrogen-bond acceptors (Lipinski definition) is 1. The van der Waals surface area contributed by atoms with Crippen molar-refractivity contribution in [3.05, 3.63) is 0 Å². The van der Waals surface area contributed by atoms with Gasteiger partial charge in [-0.1, -0.05) is 40.0 Å². The van der Waals surface area contributed by atoms with Gasteiger partial charge in [0, 0.05) is 20.4 Å². The lowest BCUT2D eigenvalue weighted by Gasteiger charge is -2.29. The molecule has 0 atom stereocenters. The fraction of sp³-hybridized carbons (Fsp3) is 0.944. The van der Waals surface area contributed by atoms with Crippen molar-refractivity contribution in [1.29, 1.82) is 0 Å². The molecule has 0 saturated carbocycles. The van der Waals surface area contributed by atoms with E-state index in [0.717, 1.165) is 19.3 Å². The Morgan fingerprint density at radius 3 is 1.41 bits per heavy atom. The average molecular weight is 352 g/mol. The Kier molecular flexibility index (Phi) is 16.4. The van der Waals surface area contributed by atoms with Crippen molar-refractivity contribution in [3.8, 4) is 0 Å². The van der Waals surface area contributed by atoms with E-state index in [0.29, 0.717) is 5.91 Å². The quantitative estimate of drug-likeness (QED) is 0.466. The molecule has 22 heavy (non-hydrogen) atoms. The molecule has 0 aliphatic carbocycles. The van der Waals surface area contributed by atoms with E-state index < -0.39 is 7.26 Å². The van der Waals surface area contributed by atoms with Gasteiger partial charge in [0.05, 0.1) is 18.5 Å². The van der Waals surface area contributed by atoms with Crippen LogP contribution < -0.4 is 12.4 Å². The van der Waals surface area contributed by atoms with Gasteiger partial charge in [-0.3, -0.25) is 4.79 Å². The van der Waals surface area contributed by atoms with Crippen molar-refractivity contribution in [3.63, 3.8) is 0 Å². The molecule has 134 valence electrons. The second-order valence-electron chi connectivity index (χ2n) is 6.30. The maximum absolute atomic E-state index is 12.7. The van der Waals surface area contributed by atoms with E-state index in [1.54, 1.807) is 0 Å². The van der Waals surface area contributed by atoms with Gasteiger partial charge in [0.2, 0.25) is 0 Å². The lowest BCUT2D eigenvalue weighted by Crippen LogP contribution is -3.00. The normalized spacial score (nSPS) is 11.1. The number of halogens is 1. The molecule has 0 heterocycles. The minimum absolute atomic E-state index is 0. The molecule has 0 aliphatic rings. The van der Waals surface area contributed by atoms with Crippen LogP contribution >= 0.6 is 7.26 Å². The van der Waals surface area contributed by atoms with Crippen molar-refractivity contribution in [2.75, 3.05) is 37.7 Å². The van der Waals surface area contributed by atoms with Crippen LogP contribution in [0.5, 0.6) is 0 Å². The summed E-state index contributed by atoms with van der Waals surface area (Å²) in [7, 11) is -1.07. The summed E-state index contributed by atoms with van der Waals surface area (Å²) in [4.78, 5) is 14.7. The summed E-state index contributed by atoms with van der Waals surface area (Å²) < 4.78 is 0. The van der Waals surface area contributed by atoms with Gasteiger partial charge in [0.15, 0.2) is 0 Å². The van der Waals surface area contributed by atoms with Crippen molar-refractivity contribution in [2.45, 2.75) is 73.1 Å². The Hall–Kier alpha value is 0.190. The van der Waals surface area contributed by atoms with Crippen LogP contribution in [0.15, 0.2) is 0 Å². The summed E-state index contributed by atoms with van der Waals surface area (Å²) in [6.45, 7) is 12.8. The first kappa shape index (κ1) is 24.4. The van der Waals surface area contributed by atoms with Gasteiger partial charge < -0.3 is 17.3 Å². The molecule has 0 unspecified atom stereocenters. The molecule has 0 aromatic carbocycles. The van der Waals surface area contributed by atoms with E-state index in [-0.39, 0.29) is 12.4 Å². The maximum Gasteiger partial charge on any atom is 0.260 e. The molecule has 0 radical (unpaired) electrons. The van der Waals surface area contributed by atoms with Gasteiger partial charge in [-0.2, -0.15) is 0 Å². The van der Waals surface area contributed by atoms with Crippen molar-refractivity contribution >= 4 is 13.2 Å². The summed E-state index contributed by atoms with van der Waals surface area (Å²) in [6.07, 6.45) is 12.6. The molecule has 0 rings (SSSR count). The highest BCUT2D eigenvalue weighted by Crippen LogP contribution is 2.60. The molecule has 2 nitrogen and oxygen atoms in total. The Morgan fingerprint density at radius 1 is 0.773 bits per heavy atom. The number of rotatable bonds is 13. The minimum Gasteiger partial charge on any atom is -1.00 e. The summed E-state index contributed by atoms with van der Waals surface area (Å²) in [5, 5.41) is 0. The molecular formula is C18H39ClNOP. The number of carbonyl (C=O) groups is 1. The topological polar surface area (TPSA) is 20.3 Å². The predicted octanol–water partition coefficient (Wildman–Crippen LogP) is 2.28. The average Bonchev–Trinajstić information content (AvgIpc) is 2.49. The zero-order valence-electron chi connectivity index (χ0n) is 15.7. The van der Waals surface area contributed by atoms with E-state index >= 15 is 0 Å². The van der Waals surface area contributed by atoms with Gasteiger partial charge in [-0.25, -0.2) is 0 Å². The number of amides is 1. The lowest BCUT2D eigenvalue weighted by molar-refractivity contribution is -0.128. The Labute approximate surface area is 146 Å². The van der Waals surface area contributed by atoms with Crippen LogP contribution in [0.2, 0.25) is 0 Å². The first-order valence-electron chi connectivity index (χ1n) is 9.21. The molecule has 0 aromatic heterocycles. The molecule has 0 aliphatic heterocycles. The highest BCUT2D eigenvalue weighted by atomic mass is 35.5. The van der Waals surface area contributed by atoms with Crippen LogP contribution in [0.25, 0.3) is 0 Å². The van der Waals surface area contributed by atoms with Crippen molar-refractivity contribution in [2.24, 2.45) is 0 Å². The van der Waals surface area contributed by atoms with Crippen molar-refractivity contribution in [1.82, 2.24) is 4.90 Å². The van der Waals surface area contributed by atoms with Crippen LogP contribution in [-0.2, 0) is 4.79 Å².